The van der Waals surface area contributed by atoms with E-state index >= 15 is 0 Å². The van der Waals surface area contributed by atoms with E-state index in [4.69, 9.17) is 9.72 Å². The van der Waals surface area contributed by atoms with Crippen LogP contribution in [0.2, 0.25) is 0 Å². The second kappa shape index (κ2) is 10.7. The Morgan fingerprint density at radius 3 is 2.60 bits per heavy atom. The smallest absolute Gasteiger partial charge is 0.417 e. The van der Waals surface area contributed by atoms with Crippen molar-refractivity contribution in [2.75, 3.05) is 38.8 Å². The first-order valence-corrected chi connectivity index (χ1v) is 14.1. The molecule has 2 unspecified atom stereocenters. The van der Waals surface area contributed by atoms with Gasteiger partial charge in [-0.25, -0.2) is 19.3 Å². The second-order valence-electron chi connectivity index (χ2n) is 11.3. The van der Waals surface area contributed by atoms with E-state index in [1.807, 2.05) is 10.9 Å². The number of anilines is 1. The summed E-state index contributed by atoms with van der Waals surface area (Å²) in [4.78, 5) is 26.5. The highest BCUT2D eigenvalue weighted by Gasteiger charge is 2.24. The molecule has 1 N–H and O–H groups in total. The number of carboxylic acid groups (broad SMARTS) is 1. The SMILES string of the molecule is CC(c1cc(-c2cnc3c(n2)c(-c2cnn(C4CCOCC4)c2)cn3C(=O)O)cc(N2CCCC2C)c1)N(C)C. The van der Waals surface area contributed by atoms with E-state index in [1.54, 1.807) is 18.6 Å². The average molecular weight is 544 g/mol. The Hall–Kier alpha value is -3.76. The Labute approximate surface area is 234 Å². The van der Waals surface area contributed by atoms with Gasteiger partial charge in [0.05, 0.1) is 24.1 Å². The van der Waals surface area contributed by atoms with Crippen LogP contribution in [0.1, 0.15) is 57.2 Å². The number of rotatable bonds is 6. The first kappa shape index (κ1) is 26.5. The van der Waals surface area contributed by atoms with Crippen molar-refractivity contribution >= 4 is 22.9 Å². The van der Waals surface area contributed by atoms with Crippen molar-refractivity contribution < 1.29 is 14.6 Å². The third-order valence-corrected chi connectivity index (χ3v) is 8.56. The lowest BCUT2D eigenvalue weighted by atomic mass is 10.0. The molecule has 2 atom stereocenters. The van der Waals surface area contributed by atoms with Crippen molar-refractivity contribution in [3.05, 3.63) is 48.5 Å². The topological polar surface area (TPSA) is 102 Å². The molecule has 6 rings (SSSR count). The molecule has 0 bridgehead atoms. The van der Waals surface area contributed by atoms with Gasteiger partial charge in [-0.1, -0.05) is 0 Å². The zero-order valence-electron chi connectivity index (χ0n) is 23.6. The minimum atomic E-state index is -1.10. The number of nitrogens with zero attached hydrogens (tertiary/aromatic N) is 7. The number of ether oxygens (including phenoxy) is 1. The fourth-order valence-corrected chi connectivity index (χ4v) is 5.92. The molecule has 2 saturated heterocycles. The van der Waals surface area contributed by atoms with Crippen molar-refractivity contribution in [1.82, 2.24) is 29.2 Å². The van der Waals surface area contributed by atoms with Gasteiger partial charge >= 0.3 is 6.09 Å². The summed E-state index contributed by atoms with van der Waals surface area (Å²) in [6.07, 6.45) is 10.1. The van der Waals surface area contributed by atoms with Gasteiger partial charge in [-0.05, 0) is 77.4 Å². The summed E-state index contributed by atoms with van der Waals surface area (Å²) in [5, 5.41) is 14.5. The molecule has 0 aliphatic carbocycles. The monoisotopic (exact) mass is 543 g/mol. The Morgan fingerprint density at radius 1 is 1.10 bits per heavy atom. The molecule has 2 aliphatic rings. The highest BCUT2D eigenvalue weighted by molar-refractivity contribution is 5.96. The quantitative estimate of drug-likeness (QED) is 0.343. The molecule has 0 radical (unpaired) electrons. The van der Waals surface area contributed by atoms with Gasteiger partial charge in [0.1, 0.15) is 5.52 Å². The number of aromatic nitrogens is 5. The van der Waals surface area contributed by atoms with Gasteiger partial charge in [-0.2, -0.15) is 5.10 Å². The van der Waals surface area contributed by atoms with Crippen LogP contribution in [0.5, 0.6) is 0 Å². The summed E-state index contributed by atoms with van der Waals surface area (Å²) in [6, 6.07) is 7.63. The predicted octanol–water partition coefficient (Wildman–Crippen LogP) is 5.45. The Morgan fingerprint density at radius 2 is 1.90 bits per heavy atom. The van der Waals surface area contributed by atoms with E-state index in [2.05, 4.69) is 66.0 Å². The number of carbonyl (C=O) groups is 1. The van der Waals surface area contributed by atoms with Crippen molar-refractivity contribution in [2.24, 2.45) is 0 Å². The molecule has 2 aliphatic heterocycles. The normalized spacial score (nSPS) is 19.1. The minimum absolute atomic E-state index is 0.216. The fourth-order valence-electron chi connectivity index (χ4n) is 5.92. The number of hydrogen-bond acceptors (Lipinski definition) is 7. The van der Waals surface area contributed by atoms with Crippen LogP contribution in [0.4, 0.5) is 10.5 Å². The summed E-state index contributed by atoms with van der Waals surface area (Å²) in [7, 11) is 4.17. The highest BCUT2D eigenvalue weighted by Crippen LogP contribution is 2.36. The molecule has 10 heteroatoms. The van der Waals surface area contributed by atoms with Gasteiger partial charge in [-0.15, -0.1) is 0 Å². The minimum Gasteiger partial charge on any atom is -0.464 e. The molecule has 0 spiro atoms. The van der Waals surface area contributed by atoms with E-state index < -0.39 is 6.09 Å². The van der Waals surface area contributed by atoms with Gasteiger partial charge in [0.15, 0.2) is 5.65 Å². The fraction of sp³-hybridized carbons (Fsp3) is 0.467. The van der Waals surface area contributed by atoms with E-state index in [9.17, 15) is 9.90 Å². The van der Waals surface area contributed by atoms with Gasteiger partial charge in [-0.3, -0.25) is 4.68 Å². The molecule has 5 heterocycles. The molecular formula is C30H37N7O3. The summed E-state index contributed by atoms with van der Waals surface area (Å²) in [6.45, 7) is 6.95. The highest BCUT2D eigenvalue weighted by atomic mass is 16.5. The molecular weight excluding hydrogens is 506 g/mol. The van der Waals surface area contributed by atoms with Crippen LogP contribution in [0, 0.1) is 0 Å². The molecule has 0 saturated carbocycles. The molecule has 10 nitrogen and oxygen atoms in total. The maximum atomic E-state index is 12.1. The molecule has 40 heavy (non-hydrogen) atoms. The number of fused-ring (bicyclic) bond motifs is 1. The van der Waals surface area contributed by atoms with E-state index in [-0.39, 0.29) is 12.1 Å². The van der Waals surface area contributed by atoms with Crippen LogP contribution in [0.3, 0.4) is 0 Å². The molecule has 4 aromatic rings. The first-order chi connectivity index (χ1) is 19.3. The van der Waals surface area contributed by atoms with Crippen molar-refractivity contribution in [3.63, 3.8) is 0 Å². The lowest BCUT2D eigenvalue weighted by Crippen LogP contribution is -2.26. The molecule has 2 fully saturated rings. The Bertz CT molecular complexity index is 1540. The van der Waals surface area contributed by atoms with Crippen molar-refractivity contribution in [3.8, 4) is 22.4 Å². The number of hydrogen-bond donors (Lipinski definition) is 1. The predicted molar refractivity (Wildman–Crippen MR) is 155 cm³/mol. The molecule has 3 aromatic heterocycles. The third kappa shape index (κ3) is 4.86. The molecule has 1 aromatic carbocycles. The van der Waals surface area contributed by atoms with Gasteiger partial charge in [0.25, 0.3) is 0 Å². The Kier molecular flexibility index (Phi) is 7.06. The molecule has 0 amide bonds. The summed E-state index contributed by atoms with van der Waals surface area (Å²) in [5.41, 5.74) is 6.48. The largest absolute Gasteiger partial charge is 0.464 e. The lowest BCUT2D eigenvalue weighted by Gasteiger charge is -2.27. The van der Waals surface area contributed by atoms with Crippen molar-refractivity contribution in [2.45, 2.75) is 57.7 Å². The van der Waals surface area contributed by atoms with E-state index in [0.717, 1.165) is 54.0 Å². The summed E-state index contributed by atoms with van der Waals surface area (Å²) < 4.78 is 8.62. The Balaban J connectivity index is 1.46. The van der Waals surface area contributed by atoms with Gasteiger partial charge in [0.2, 0.25) is 0 Å². The van der Waals surface area contributed by atoms with E-state index in [0.29, 0.717) is 22.8 Å². The lowest BCUT2D eigenvalue weighted by molar-refractivity contribution is 0.0662. The standard InChI is InChI=1S/C30H37N7O3/c1-19-6-5-9-35(19)25-13-21(20(2)34(3)4)12-22(14-25)27-16-31-29-28(33-27)26(18-36(29)30(38)39)23-15-32-37(17-23)24-7-10-40-11-8-24/h12-20,24H,5-11H2,1-4H3,(H,38,39). The zero-order chi connectivity index (χ0) is 28.0. The van der Waals surface area contributed by atoms with Crippen molar-refractivity contribution in [1.29, 1.82) is 0 Å². The van der Waals surface area contributed by atoms with Crippen LogP contribution in [0.15, 0.2) is 43.0 Å². The van der Waals surface area contributed by atoms with Crippen LogP contribution in [-0.2, 0) is 4.74 Å². The third-order valence-electron chi connectivity index (χ3n) is 8.56. The average Bonchev–Trinajstić information content (AvgIpc) is 3.70. The van der Waals surface area contributed by atoms with E-state index in [1.165, 1.54) is 24.1 Å². The van der Waals surface area contributed by atoms with Gasteiger partial charge in [0, 0.05) is 66.6 Å². The van der Waals surface area contributed by atoms with Crippen LogP contribution < -0.4 is 4.90 Å². The summed E-state index contributed by atoms with van der Waals surface area (Å²) in [5.74, 6) is 0. The first-order valence-electron chi connectivity index (χ1n) is 14.1. The zero-order valence-corrected chi connectivity index (χ0v) is 23.6. The maximum absolute atomic E-state index is 12.1. The van der Waals surface area contributed by atoms with Gasteiger partial charge < -0.3 is 19.6 Å². The number of benzene rings is 1. The maximum Gasteiger partial charge on any atom is 0.417 e. The molecule has 210 valence electrons. The van der Waals surface area contributed by atoms with Crippen LogP contribution in [-0.4, -0.2) is 80.3 Å². The second-order valence-corrected chi connectivity index (χ2v) is 11.3. The van der Waals surface area contributed by atoms with Crippen LogP contribution in [0.25, 0.3) is 33.5 Å². The summed E-state index contributed by atoms with van der Waals surface area (Å²) >= 11 is 0. The van der Waals surface area contributed by atoms with Crippen LogP contribution >= 0.6 is 0 Å².